The van der Waals surface area contributed by atoms with Gasteiger partial charge in [-0.1, -0.05) is 32.9 Å². The number of nitrogens with one attached hydrogen (secondary N) is 1. The molecule has 0 spiro atoms. The molecule has 1 aromatic rings. The molecule has 0 heterocycles. The van der Waals surface area contributed by atoms with E-state index < -0.39 is 0 Å². The number of rotatable bonds is 5. The van der Waals surface area contributed by atoms with E-state index in [0.29, 0.717) is 5.25 Å². The molecule has 0 aliphatic rings. The van der Waals surface area contributed by atoms with Gasteiger partial charge >= 0.3 is 0 Å². The molecular formula is C13H20FNS. The van der Waals surface area contributed by atoms with E-state index in [9.17, 15) is 4.39 Å². The Morgan fingerprint density at radius 1 is 1.31 bits per heavy atom. The molecular weight excluding hydrogens is 221 g/mol. The van der Waals surface area contributed by atoms with Crippen LogP contribution in [0.5, 0.6) is 0 Å². The second-order valence-electron chi connectivity index (χ2n) is 4.10. The molecule has 16 heavy (non-hydrogen) atoms. The van der Waals surface area contributed by atoms with Gasteiger partial charge < -0.3 is 5.32 Å². The van der Waals surface area contributed by atoms with Gasteiger partial charge in [-0.25, -0.2) is 4.39 Å². The minimum absolute atomic E-state index is 0.110. The Balaban J connectivity index is 3.02. The molecule has 3 heteroatoms. The first-order valence-corrected chi connectivity index (χ1v) is 6.62. The second kappa shape index (κ2) is 6.26. The lowest BCUT2D eigenvalue weighted by atomic mass is 10.1. The molecule has 1 N–H and O–H groups in total. The van der Waals surface area contributed by atoms with Gasteiger partial charge in [0.15, 0.2) is 0 Å². The average Bonchev–Trinajstić information content (AvgIpc) is 2.20. The van der Waals surface area contributed by atoms with Crippen LogP contribution in [-0.4, -0.2) is 11.8 Å². The summed E-state index contributed by atoms with van der Waals surface area (Å²) in [6, 6.07) is 5.51. The van der Waals surface area contributed by atoms with E-state index in [1.54, 1.807) is 17.8 Å². The number of halogens is 1. The molecule has 0 saturated heterocycles. The van der Waals surface area contributed by atoms with Crippen molar-refractivity contribution in [2.75, 3.05) is 6.54 Å². The maximum Gasteiger partial charge on any atom is 0.137 e. The molecule has 0 aliphatic carbocycles. The minimum atomic E-state index is -0.110. The molecule has 90 valence electrons. The van der Waals surface area contributed by atoms with Gasteiger partial charge in [-0.2, -0.15) is 0 Å². The zero-order chi connectivity index (χ0) is 12.1. The van der Waals surface area contributed by atoms with Gasteiger partial charge in [0.2, 0.25) is 0 Å². The summed E-state index contributed by atoms with van der Waals surface area (Å²) < 4.78 is 13.8. The van der Waals surface area contributed by atoms with Crippen LogP contribution < -0.4 is 5.32 Å². The van der Waals surface area contributed by atoms with Gasteiger partial charge in [-0.15, -0.1) is 11.8 Å². The zero-order valence-corrected chi connectivity index (χ0v) is 11.2. The highest BCUT2D eigenvalue weighted by Crippen LogP contribution is 2.32. The Bertz CT molecular complexity index is 339. The Kier molecular flexibility index (Phi) is 5.29. The molecule has 1 atom stereocenters. The predicted octanol–water partition coefficient (Wildman–Crippen LogP) is 4.00. The Morgan fingerprint density at radius 3 is 2.56 bits per heavy atom. The van der Waals surface area contributed by atoms with E-state index in [4.69, 9.17) is 0 Å². The molecule has 1 rings (SSSR count). The summed E-state index contributed by atoms with van der Waals surface area (Å²) in [5, 5.41) is 3.72. The summed E-state index contributed by atoms with van der Waals surface area (Å²) in [7, 11) is 0. The van der Waals surface area contributed by atoms with Crippen molar-refractivity contribution in [1.29, 1.82) is 0 Å². The van der Waals surface area contributed by atoms with Crippen molar-refractivity contribution in [3.63, 3.8) is 0 Å². The van der Waals surface area contributed by atoms with Crippen LogP contribution in [-0.2, 0) is 0 Å². The van der Waals surface area contributed by atoms with E-state index in [2.05, 4.69) is 33.0 Å². The summed E-state index contributed by atoms with van der Waals surface area (Å²) in [4.78, 5) is 0.783. The lowest BCUT2D eigenvalue weighted by molar-refractivity contribution is 0.557. The zero-order valence-electron chi connectivity index (χ0n) is 10.4. The number of hydrogen-bond donors (Lipinski definition) is 1. The van der Waals surface area contributed by atoms with Crippen molar-refractivity contribution >= 4 is 11.8 Å². The molecule has 0 fully saturated rings. The van der Waals surface area contributed by atoms with Crippen molar-refractivity contribution in [1.82, 2.24) is 5.32 Å². The van der Waals surface area contributed by atoms with Crippen LogP contribution in [0.2, 0.25) is 0 Å². The fourth-order valence-corrected chi connectivity index (χ4v) is 2.68. The molecule has 0 bridgehead atoms. The predicted molar refractivity (Wildman–Crippen MR) is 69.5 cm³/mol. The van der Waals surface area contributed by atoms with Crippen molar-refractivity contribution in [3.05, 3.63) is 29.6 Å². The Hall–Kier alpha value is -0.540. The lowest BCUT2D eigenvalue weighted by Gasteiger charge is -2.18. The quantitative estimate of drug-likeness (QED) is 0.782. The lowest BCUT2D eigenvalue weighted by Crippen LogP contribution is -2.18. The van der Waals surface area contributed by atoms with Gasteiger partial charge in [0.1, 0.15) is 5.82 Å². The fourth-order valence-electron chi connectivity index (χ4n) is 1.64. The fraction of sp³-hybridized carbons (Fsp3) is 0.538. The summed E-state index contributed by atoms with van der Waals surface area (Å²) in [6.45, 7) is 9.19. The normalized spacial score (nSPS) is 13.1. The van der Waals surface area contributed by atoms with E-state index in [0.717, 1.165) is 17.0 Å². The van der Waals surface area contributed by atoms with Gasteiger partial charge in [-0.3, -0.25) is 0 Å². The van der Waals surface area contributed by atoms with Crippen molar-refractivity contribution < 1.29 is 4.39 Å². The summed E-state index contributed by atoms with van der Waals surface area (Å²) >= 11 is 1.59. The highest BCUT2D eigenvalue weighted by atomic mass is 32.2. The van der Waals surface area contributed by atoms with E-state index in [1.807, 2.05) is 6.07 Å². The van der Waals surface area contributed by atoms with Gasteiger partial charge in [0.25, 0.3) is 0 Å². The smallest absolute Gasteiger partial charge is 0.137 e. The first-order valence-electron chi connectivity index (χ1n) is 5.74. The van der Waals surface area contributed by atoms with Crippen LogP contribution in [0.25, 0.3) is 0 Å². The highest BCUT2D eigenvalue weighted by Gasteiger charge is 2.14. The Labute approximate surface area is 102 Å². The first kappa shape index (κ1) is 13.5. The maximum atomic E-state index is 13.8. The monoisotopic (exact) mass is 241 g/mol. The summed E-state index contributed by atoms with van der Waals surface area (Å²) in [5.41, 5.74) is 1.06. The Morgan fingerprint density at radius 2 is 2.00 bits per heavy atom. The number of benzene rings is 1. The first-order chi connectivity index (χ1) is 7.56. The number of thioether (sulfide) groups is 1. The molecule has 0 saturated carbocycles. The largest absolute Gasteiger partial charge is 0.310 e. The highest BCUT2D eigenvalue weighted by molar-refractivity contribution is 8.00. The van der Waals surface area contributed by atoms with Crippen LogP contribution in [0.1, 0.15) is 39.3 Å². The molecule has 0 radical (unpaired) electrons. The molecule has 1 aromatic carbocycles. The molecule has 1 nitrogen and oxygen atoms in total. The standard InChI is InChI=1S/C13H20FNS/c1-5-15-10(4)11-7-6-8-12(14)13(11)16-9(2)3/h6-10,15H,5H2,1-4H3. The van der Waals surface area contributed by atoms with E-state index in [1.165, 1.54) is 6.07 Å². The molecule has 1 unspecified atom stereocenters. The third-order valence-corrected chi connectivity index (χ3v) is 3.47. The summed E-state index contributed by atoms with van der Waals surface area (Å²) in [5.74, 6) is -0.110. The van der Waals surface area contributed by atoms with Crippen molar-refractivity contribution in [3.8, 4) is 0 Å². The third-order valence-electron chi connectivity index (χ3n) is 2.33. The van der Waals surface area contributed by atoms with Crippen LogP contribution in [0.3, 0.4) is 0 Å². The molecule has 0 aliphatic heterocycles. The van der Waals surface area contributed by atoms with Gasteiger partial charge in [0, 0.05) is 16.2 Å². The number of hydrogen-bond acceptors (Lipinski definition) is 2. The van der Waals surface area contributed by atoms with Crippen LogP contribution in [0.4, 0.5) is 4.39 Å². The van der Waals surface area contributed by atoms with Crippen LogP contribution >= 0.6 is 11.8 Å². The van der Waals surface area contributed by atoms with Crippen LogP contribution in [0.15, 0.2) is 23.1 Å². The van der Waals surface area contributed by atoms with E-state index >= 15 is 0 Å². The average molecular weight is 241 g/mol. The van der Waals surface area contributed by atoms with Gasteiger partial charge in [0.05, 0.1) is 0 Å². The topological polar surface area (TPSA) is 12.0 Å². The van der Waals surface area contributed by atoms with Crippen LogP contribution in [0, 0.1) is 5.82 Å². The summed E-state index contributed by atoms with van der Waals surface area (Å²) in [6.07, 6.45) is 0. The minimum Gasteiger partial charge on any atom is -0.310 e. The SMILES string of the molecule is CCNC(C)c1cccc(F)c1SC(C)C. The maximum absolute atomic E-state index is 13.8. The van der Waals surface area contributed by atoms with Crippen molar-refractivity contribution in [2.24, 2.45) is 0 Å². The van der Waals surface area contributed by atoms with E-state index in [-0.39, 0.29) is 11.9 Å². The molecule has 0 aromatic heterocycles. The third kappa shape index (κ3) is 3.49. The molecule has 0 amide bonds. The van der Waals surface area contributed by atoms with Gasteiger partial charge in [-0.05, 0) is 25.1 Å². The second-order valence-corrected chi connectivity index (χ2v) is 5.69. The van der Waals surface area contributed by atoms with Crippen molar-refractivity contribution in [2.45, 2.75) is 43.9 Å².